The SMILES string of the molecule is CC(=O)SCCCCCOc1ccc(-c2c3nc(cc4ccc([nH]4)c(-c4ccc(OCCCCCSC(C)=O)cc4)c4nc(cc5ccc2[nH]5)C=C4)C=C3)cc1. The zero-order valence-corrected chi connectivity index (χ0v) is 33.4. The number of hydrogen-bond acceptors (Lipinski definition) is 8. The summed E-state index contributed by atoms with van der Waals surface area (Å²) in [5.41, 5.74) is 11.3. The van der Waals surface area contributed by atoms with Crippen molar-refractivity contribution in [2.45, 2.75) is 52.4 Å². The number of rotatable bonds is 16. The number of benzene rings is 2. The fourth-order valence-electron chi connectivity index (χ4n) is 6.69. The molecule has 10 heteroatoms. The second-order valence-corrected chi connectivity index (χ2v) is 16.3. The summed E-state index contributed by atoms with van der Waals surface area (Å²) in [6, 6.07) is 28.9. The maximum absolute atomic E-state index is 11.1. The van der Waals surface area contributed by atoms with Crippen LogP contribution in [0.3, 0.4) is 0 Å². The highest BCUT2D eigenvalue weighted by atomic mass is 32.2. The van der Waals surface area contributed by atoms with Gasteiger partial charge in [-0.05, 0) is 135 Å². The number of thioether (sulfide) groups is 2. The Hall–Kier alpha value is -5.32. The van der Waals surface area contributed by atoms with Gasteiger partial charge in [0, 0.05) is 58.5 Å². The van der Waals surface area contributed by atoms with Crippen LogP contribution in [0.2, 0.25) is 0 Å². The molecule has 0 atom stereocenters. The molecule has 0 fully saturated rings. The Balaban J connectivity index is 1.15. The van der Waals surface area contributed by atoms with E-state index in [0.717, 1.165) is 129 Å². The van der Waals surface area contributed by atoms with Crippen molar-refractivity contribution in [2.75, 3.05) is 24.7 Å². The summed E-state index contributed by atoms with van der Waals surface area (Å²) in [7, 11) is 0. The third kappa shape index (κ3) is 10.5. The van der Waals surface area contributed by atoms with Crippen molar-refractivity contribution in [2.24, 2.45) is 0 Å². The number of carbonyl (C=O) groups excluding carboxylic acids is 2. The maximum Gasteiger partial charge on any atom is 0.185 e. The van der Waals surface area contributed by atoms with Crippen LogP contribution in [0.5, 0.6) is 11.5 Å². The smallest absolute Gasteiger partial charge is 0.185 e. The van der Waals surface area contributed by atoms with Gasteiger partial charge in [0.1, 0.15) is 11.5 Å². The van der Waals surface area contributed by atoms with Crippen LogP contribution in [0.15, 0.2) is 84.9 Å². The minimum atomic E-state index is 0.175. The highest BCUT2D eigenvalue weighted by molar-refractivity contribution is 8.13. The molecule has 56 heavy (non-hydrogen) atoms. The van der Waals surface area contributed by atoms with Crippen molar-refractivity contribution in [3.05, 3.63) is 108 Å². The molecule has 286 valence electrons. The van der Waals surface area contributed by atoms with E-state index in [4.69, 9.17) is 19.4 Å². The Kier molecular flexibility index (Phi) is 13.2. The van der Waals surface area contributed by atoms with Gasteiger partial charge < -0.3 is 19.4 Å². The number of nitrogens with zero attached hydrogens (tertiary/aromatic N) is 2. The summed E-state index contributed by atoms with van der Waals surface area (Å²) in [6.07, 6.45) is 14.2. The fourth-order valence-corrected chi connectivity index (χ4v) is 7.96. The number of nitrogens with one attached hydrogen (secondary N) is 2. The lowest BCUT2D eigenvalue weighted by molar-refractivity contribution is -0.109. The molecule has 0 radical (unpaired) electrons. The van der Waals surface area contributed by atoms with Crippen molar-refractivity contribution < 1.29 is 19.1 Å². The van der Waals surface area contributed by atoms with E-state index in [2.05, 4.69) is 94.9 Å². The van der Waals surface area contributed by atoms with Crippen molar-refractivity contribution in [3.8, 4) is 33.8 Å². The minimum absolute atomic E-state index is 0.175. The van der Waals surface area contributed by atoms with Crippen LogP contribution in [-0.4, -0.2) is 54.9 Å². The highest BCUT2D eigenvalue weighted by Gasteiger charge is 2.14. The summed E-state index contributed by atoms with van der Waals surface area (Å²) in [5, 5.41) is 0.350. The monoisotopic (exact) mass is 782 g/mol. The molecule has 0 unspecified atom stereocenters. The molecule has 0 amide bonds. The Morgan fingerprint density at radius 1 is 0.536 bits per heavy atom. The average Bonchev–Trinajstić information content (AvgIpc) is 4.03. The van der Waals surface area contributed by atoms with Crippen LogP contribution in [0.4, 0.5) is 0 Å². The van der Waals surface area contributed by atoms with Gasteiger partial charge in [0.2, 0.25) is 0 Å². The molecule has 2 aliphatic heterocycles. The fraction of sp³-hybridized carbons (Fsp3) is 0.261. The standard InChI is InChI=1S/C46H46N4O4S2/c1-31(51)55-27-7-3-5-25-53-39-17-9-33(10-18-39)45-41-21-13-35(47-41)29-37-15-23-43(49-37)46(44-24-16-38(50-44)30-36-14-22-42(45)48-36)34-11-19-40(20-12-34)54-26-6-4-8-28-56-32(2)52/h9-24,29-30,47,50H,3-8,25-28H2,1-2H3. The Morgan fingerprint density at radius 2 is 0.964 bits per heavy atom. The lowest BCUT2D eigenvalue weighted by atomic mass is 10.0. The lowest BCUT2D eigenvalue weighted by Crippen LogP contribution is -1.98. The van der Waals surface area contributed by atoms with Crippen molar-refractivity contribution >= 4 is 80.1 Å². The second kappa shape index (κ2) is 19.0. The van der Waals surface area contributed by atoms with Gasteiger partial charge in [-0.1, -0.05) is 47.8 Å². The first-order chi connectivity index (χ1) is 27.4. The van der Waals surface area contributed by atoms with Gasteiger partial charge in [-0.15, -0.1) is 0 Å². The van der Waals surface area contributed by atoms with E-state index in [9.17, 15) is 9.59 Å². The maximum atomic E-state index is 11.1. The largest absolute Gasteiger partial charge is 0.494 e. The van der Waals surface area contributed by atoms with Crippen LogP contribution in [-0.2, 0) is 9.59 Å². The van der Waals surface area contributed by atoms with E-state index in [1.54, 1.807) is 13.8 Å². The molecule has 0 aliphatic carbocycles. The predicted molar refractivity (Wildman–Crippen MR) is 235 cm³/mol. The number of unbranched alkanes of at least 4 members (excludes halogenated alkanes) is 4. The first kappa shape index (κ1) is 38.9. The van der Waals surface area contributed by atoms with Crippen molar-refractivity contribution in [1.29, 1.82) is 0 Å². The van der Waals surface area contributed by atoms with Crippen molar-refractivity contribution in [3.63, 3.8) is 0 Å². The van der Waals surface area contributed by atoms with Crippen LogP contribution in [0, 0.1) is 0 Å². The molecule has 8 bridgehead atoms. The molecule has 0 spiro atoms. The second-order valence-electron chi connectivity index (χ2n) is 13.8. The number of aromatic nitrogens is 4. The molecule has 2 aliphatic rings. The summed E-state index contributed by atoms with van der Waals surface area (Å²) >= 11 is 2.78. The molecule has 2 N–H and O–H groups in total. The predicted octanol–water partition coefficient (Wildman–Crippen LogP) is 11.6. The number of carbonyl (C=O) groups is 2. The topological polar surface area (TPSA) is 110 Å². The van der Waals surface area contributed by atoms with Crippen LogP contribution in [0.25, 0.3) is 68.6 Å². The van der Waals surface area contributed by atoms with E-state index < -0.39 is 0 Å². The zero-order valence-electron chi connectivity index (χ0n) is 31.8. The van der Waals surface area contributed by atoms with Crippen LogP contribution in [0.1, 0.15) is 75.1 Å². The van der Waals surface area contributed by atoms with E-state index in [1.165, 1.54) is 23.5 Å². The molecule has 5 aromatic rings. The van der Waals surface area contributed by atoms with Gasteiger partial charge in [0.05, 0.1) is 36.0 Å². The van der Waals surface area contributed by atoms with Crippen molar-refractivity contribution in [1.82, 2.24) is 19.9 Å². The van der Waals surface area contributed by atoms with Gasteiger partial charge in [-0.2, -0.15) is 0 Å². The third-order valence-corrected chi connectivity index (χ3v) is 11.2. The van der Waals surface area contributed by atoms with Gasteiger partial charge in [-0.3, -0.25) is 9.59 Å². The minimum Gasteiger partial charge on any atom is -0.494 e. The van der Waals surface area contributed by atoms with Crippen LogP contribution < -0.4 is 9.47 Å². The van der Waals surface area contributed by atoms with Gasteiger partial charge in [0.25, 0.3) is 0 Å². The summed E-state index contributed by atoms with van der Waals surface area (Å²) in [4.78, 5) is 39.7. The summed E-state index contributed by atoms with van der Waals surface area (Å²) in [6.45, 7) is 4.52. The van der Waals surface area contributed by atoms with Gasteiger partial charge in [-0.25, -0.2) is 9.97 Å². The summed E-state index contributed by atoms with van der Waals surface area (Å²) < 4.78 is 12.1. The van der Waals surface area contributed by atoms with E-state index >= 15 is 0 Å². The molecule has 3 aromatic heterocycles. The number of hydrogen-bond donors (Lipinski definition) is 2. The molecule has 8 nitrogen and oxygen atoms in total. The molecule has 0 saturated heterocycles. The number of H-pyrrole nitrogens is 2. The average molecular weight is 783 g/mol. The first-order valence-corrected chi connectivity index (χ1v) is 21.2. The molecule has 0 saturated carbocycles. The van der Waals surface area contributed by atoms with E-state index in [0.29, 0.717) is 13.2 Å². The Bertz CT molecular complexity index is 2230. The molecular formula is C46H46N4O4S2. The number of aromatic amines is 2. The Labute approximate surface area is 336 Å². The third-order valence-electron chi connectivity index (χ3n) is 9.41. The molecule has 5 heterocycles. The molecular weight excluding hydrogens is 737 g/mol. The van der Waals surface area contributed by atoms with E-state index in [-0.39, 0.29) is 10.2 Å². The zero-order chi connectivity index (χ0) is 38.7. The van der Waals surface area contributed by atoms with E-state index in [1.807, 2.05) is 24.3 Å². The lowest BCUT2D eigenvalue weighted by Gasteiger charge is -2.08. The van der Waals surface area contributed by atoms with Gasteiger partial charge in [0.15, 0.2) is 10.2 Å². The quantitative estimate of drug-likeness (QED) is 0.0933. The van der Waals surface area contributed by atoms with Crippen LogP contribution >= 0.6 is 23.5 Å². The first-order valence-electron chi connectivity index (χ1n) is 19.2. The Morgan fingerprint density at radius 3 is 1.38 bits per heavy atom. The number of ether oxygens (including phenoxy) is 2. The normalized spacial score (nSPS) is 11.9. The van der Waals surface area contributed by atoms with Gasteiger partial charge >= 0.3 is 0 Å². The number of fused-ring (bicyclic) bond motifs is 8. The molecule has 2 aromatic carbocycles. The summed E-state index contributed by atoms with van der Waals surface area (Å²) in [5.74, 6) is 3.39. The molecule has 7 rings (SSSR count). The highest BCUT2D eigenvalue weighted by Crippen LogP contribution is 2.33.